The molecule has 124 valence electrons. The highest BCUT2D eigenvalue weighted by Crippen LogP contribution is 2.22. The minimum Gasteiger partial charge on any atom is -0.284 e. The van der Waals surface area contributed by atoms with E-state index in [4.69, 9.17) is 0 Å². The summed E-state index contributed by atoms with van der Waals surface area (Å²) in [5.74, 6) is -0.0735. The standard InChI is InChI=1S/C14H17N3O4S2/c1-3-22(18,19)14-9-8-13(15-16-14)11-6-5-7-12(10-11)17-23(20,21)4-2/h5-10,17H,3-4H2,1-2H3. The molecule has 0 fully saturated rings. The minimum atomic E-state index is -3.40. The summed E-state index contributed by atoms with van der Waals surface area (Å²) < 4.78 is 49.1. The molecule has 0 unspecified atom stereocenters. The number of nitrogens with zero attached hydrogens (tertiary/aromatic N) is 2. The van der Waals surface area contributed by atoms with Crippen molar-refractivity contribution < 1.29 is 16.8 Å². The van der Waals surface area contributed by atoms with Crippen LogP contribution in [0.2, 0.25) is 0 Å². The van der Waals surface area contributed by atoms with Gasteiger partial charge in [-0.1, -0.05) is 19.1 Å². The van der Waals surface area contributed by atoms with E-state index in [2.05, 4.69) is 14.9 Å². The Morgan fingerprint density at radius 3 is 2.26 bits per heavy atom. The molecule has 1 N–H and O–H groups in total. The molecule has 1 heterocycles. The van der Waals surface area contributed by atoms with E-state index in [9.17, 15) is 16.8 Å². The van der Waals surface area contributed by atoms with Crippen molar-refractivity contribution in [3.8, 4) is 11.3 Å². The lowest BCUT2D eigenvalue weighted by atomic mass is 10.1. The number of hydrogen-bond acceptors (Lipinski definition) is 6. The van der Waals surface area contributed by atoms with Crippen LogP contribution in [0.25, 0.3) is 11.3 Å². The third kappa shape index (κ3) is 4.26. The Labute approximate surface area is 135 Å². The van der Waals surface area contributed by atoms with Crippen molar-refractivity contribution >= 4 is 25.5 Å². The molecule has 2 rings (SSSR count). The fourth-order valence-corrected chi connectivity index (χ4v) is 3.15. The molecule has 0 aliphatic rings. The van der Waals surface area contributed by atoms with Gasteiger partial charge in [0.15, 0.2) is 14.9 Å². The van der Waals surface area contributed by atoms with Crippen LogP contribution >= 0.6 is 0 Å². The second kappa shape index (κ2) is 6.63. The molecular formula is C14H17N3O4S2. The fourth-order valence-electron chi connectivity index (χ4n) is 1.78. The van der Waals surface area contributed by atoms with Gasteiger partial charge in [-0.15, -0.1) is 10.2 Å². The monoisotopic (exact) mass is 355 g/mol. The highest BCUT2D eigenvalue weighted by atomic mass is 32.2. The smallest absolute Gasteiger partial charge is 0.232 e. The average Bonchev–Trinajstić information content (AvgIpc) is 2.55. The zero-order valence-electron chi connectivity index (χ0n) is 12.7. The van der Waals surface area contributed by atoms with Crippen LogP contribution in [0.1, 0.15) is 13.8 Å². The summed E-state index contributed by atoms with van der Waals surface area (Å²) in [7, 11) is -6.76. The Balaban J connectivity index is 2.33. The summed E-state index contributed by atoms with van der Waals surface area (Å²) in [5, 5.41) is 7.58. The summed E-state index contributed by atoms with van der Waals surface area (Å²) in [6, 6.07) is 9.60. The number of nitrogens with one attached hydrogen (secondary N) is 1. The topological polar surface area (TPSA) is 106 Å². The van der Waals surface area contributed by atoms with Gasteiger partial charge in [0.25, 0.3) is 0 Å². The summed E-state index contributed by atoms with van der Waals surface area (Å²) in [5.41, 5.74) is 1.50. The maximum Gasteiger partial charge on any atom is 0.232 e. The van der Waals surface area contributed by atoms with Crippen LogP contribution in [0.15, 0.2) is 41.4 Å². The number of hydrogen-bond donors (Lipinski definition) is 1. The first-order valence-corrected chi connectivity index (χ1v) is 10.3. The molecule has 2 aromatic rings. The van der Waals surface area contributed by atoms with E-state index < -0.39 is 19.9 Å². The van der Waals surface area contributed by atoms with E-state index in [1.165, 1.54) is 13.0 Å². The Morgan fingerprint density at radius 1 is 0.957 bits per heavy atom. The number of sulfone groups is 1. The Morgan fingerprint density at radius 2 is 1.70 bits per heavy atom. The molecule has 23 heavy (non-hydrogen) atoms. The maximum atomic E-state index is 11.7. The molecule has 0 saturated heterocycles. The van der Waals surface area contributed by atoms with Gasteiger partial charge in [-0.25, -0.2) is 16.8 Å². The lowest BCUT2D eigenvalue weighted by molar-refractivity contribution is 0.591. The van der Waals surface area contributed by atoms with Crippen molar-refractivity contribution in [3.05, 3.63) is 36.4 Å². The normalized spacial score (nSPS) is 12.1. The molecule has 9 heteroatoms. The van der Waals surface area contributed by atoms with Crippen LogP contribution < -0.4 is 4.72 Å². The van der Waals surface area contributed by atoms with Crippen LogP contribution in [-0.4, -0.2) is 38.5 Å². The van der Waals surface area contributed by atoms with Crippen LogP contribution in [0.3, 0.4) is 0 Å². The first-order valence-electron chi connectivity index (χ1n) is 6.95. The van der Waals surface area contributed by atoms with Crippen LogP contribution in [-0.2, 0) is 19.9 Å². The highest BCUT2D eigenvalue weighted by Gasteiger charge is 2.14. The van der Waals surface area contributed by atoms with Gasteiger partial charge in [-0.05, 0) is 31.2 Å². The molecule has 0 aliphatic heterocycles. The Bertz CT molecular complexity index is 892. The molecule has 7 nitrogen and oxygen atoms in total. The van der Waals surface area contributed by atoms with E-state index in [1.54, 1.807) is 37.3 Å². The van der Waals surface area contributed by atoms with E-state index in [1.807, 2.05) is 0 Å². The quantitative estimate of drug-likeness (QED) is 0.845. The average molecular weight is 355 g/mol. The summed E-state index contributed by atoms with van der Waals surface area (Å²) >= 11 is 0. The van der Waals surface area contributed by atoms with Crippen LogP contribution in [0.5, 0.6) is 0 Å². The second-order valence-corrected chi connectivity index (χ2v) is 8.98. The SMILES string of the molecule is CCS(=O)(=O)Nc1cccc(-c2ccc(S(=O)(=O)CC)nn2)c1. The van der Waals surface area contributed by atoms with E-state index in [0.29, 0.717) is 16.9 Å². The van der Waals surface area contributed by atoms with Gasteiger partial charge < -0.3 is 0 Å². The van der Waals surface area contributed by atoms with Gasteiger partial charge in [-0.3, -0.25) is 4.72 Å². The third-order valence-corrected chi connectivity index (χ3v) is 6.07. The number of rotatable bonds is 6. The third-order valence-electron chi connectivity index (χ3n) is 3.15. The van der Waals surface area contributed by atoms with Crippen molar-refractivity contribution in [2.75, 3.05) is 16.2 Å². The number of benzene rings is 1. The fraction of sp³-hybridized carbons (Fsp3) is 0.286. The van der Waals surface area contributed by atoms with Crippen molar-refractivity contribution in [3.63, 3.8) is 0 Å². The first-order chi connectivity index (χ1) is 10.8. The number of anilines is 1. The molecule has 1 aromatic heterocycles. The van der Waals surface area contributed by atoms with Crippen molar-refractivity contribution in [2.45, 2.75) is 18.9 Å². The summed E-state index contributed by atoms with van der Waals surface area (Å²) in [4.78, 5) is 0. The number of sulfonamides is 1. The molecule has 0 atom stereocenters. The molecule has 1 aromatic carbocycles. The van der Waals surface area contributed by atoms with Gasteiger partial charge in [0, 0.05) is 11.3 Å². The van der Waals surface area contributed by atoms with Gasteiger partial charge in [0.05, 0.1) is 17.2 Å². The van der Waals surface area contributed by atoms with Crippen LogP contribution in [0.4, 0.5) is 5.69 Å². The van der Waals surface area contributed by atoms with Gasteiger partial charge >= 0.3 is 0 Å². The van der Waals surface area contributed by atoms with Gasteiger partial charge in [0.2, 0.25) is 10.0 Å². The molecule has 0 saturated carbocycles. The lowest BCUT2D eigenvalue weighted by Crippen LogP contribution is -2.14. The van der Waals surface area contributed by atoms with E-state index >= 15 is 0 Å². The van der Waals surface area contributed by atoms with Crippen molar-refractivity contribution in [1.82, 2.24) is 10.2 Å². The second-order valence-electron chi connectivity index (χ2n) is 4.75. The zero-order valence-corrected chi connectivity index (χ0v) is 14.4. The summed E-state index contributed by atoms with van der Waals surface area (Å²) in [6.07, 6.45) is 0. The largest absolute Gasteiger partial charge is 0.284 e. The summed E-state index contributed by atoms with van der Waals surface area (Å²) in [6.45, 7) is 3.08. The highest BCUT2D eigenvalue weighted by molar-refractivity contribution is 7.92. The molecule has 0 radical (unpaired) electrons. The molecular weight excluding hydrogens is 338 g/mol. The van der Waals surface area contributed by atoms with E-state index in [0.717, 1.165) is 0 Å². The van der Waals surface area contributed by atoms with Crippen LogP contribution in [0, 0.1) is 0 Å². The molecule has 0 aliphatic carbocycles. The van der Waals surface area contributed by atoms with Crippen molar-refractivity contribution in [1.29, 1.82) is 0 Å². The molecule has 0 amide bonds. The first kappa shape index (κ1) is 17.4. The molecule has 0 spiro atoms. The Kier molecular flexibility index (Phi) is 5.00. The minimum absolute atomic E-state index is 0.0272. The van der Waals surface area contributed by atoms with Gasteiger partial charge in [0.1, 0.15) is 0 Å². The zero-order chi connectivity index (χ0) is 17.1. The molecule has 0 bridgehead atoms. The number of aromatic nitrogens is 2. The predicted octanol–water partition coefficient (Wildman–Crippen LogP) is 1.70. The maximum absolute atomic E-state index is 11.7. The predicted molar refractivity (Wildman–Crippen MR) is 88.3 cm³/mol. The van der Waals surface area contributed by atoms with Gasteiger partial charge in [-0.2, -0.15) is 0 Å². The van der Waals surface area contributed by atoms with E-state index in [-0.39, 0.29) is 16.5 Å². The Hall–Kier alpha value is -2.00. The lowest BCUT2D eigenvalue weighted by Gasteiger charge is -2.08. The van der Waals surface area contributed by atoms with Crippen molar-refractivity contribution in [2.24, 2.45) is 0 Å².